The van der Waals surface area contributed by atoms with Gasteiger partial charge >= 0.3 is 7.60 Å². The van der Waals surface area contributed by atoms with Gasteiger partial charge in [-0.3, -0.25) is 4.57 Å². The summed E-state index contributed by atoms with van der Waals surface area (Å²) in [7, 11) is -3.51. The van der Waals surface area contributed by atoms with Crippen molar-refractivity contribution < 1.29 is 14.0 Å². The van der Waals surface area contributed by atoms with Gasteiger partial charge in [-0.15, -0.1) is 0 Å². The average Bonchev–Trinajstić information content (AvgIpc) is 2.28. The molecule has 1 atom stereocenters. The number of rotatable bonds is 7. The Morgan fingerprint density at radius 3 is 2.69 bits per heavy atom. The normalized spacial score (nSPS) is 14.6. The second kappa shape index (κ2) is 6.85. The first-order valence-corrected chi connectivity index (χ1v) is 7.14. The van der Waals surface area contributed by atoms with E-state index in [1.165, 1.54) is 6.16 Å². The third-order valence-corrected chi connectivity index (χ3v) is 3.37. The van der Waals surface area contributed by atoms with Crippen molar-refractivity contribution in [3.63, 3.8) is 0 Å². The Bertz CT molecular complexity index is 337. The van der Waals surface area contributed by atoms with Gasteiger partial charge in [0.25, 0.3) is 0 Å². The molecule has 0 amide bonds. The predicted octanol–water partition coefficient (Wildman–Crippen LogP) is 3.39. The zero-order valence-electron chi connectivity index (χ0n) is 9.50. The quantitative estimate of drug-likeness (QED) is 0.588. The molecular formula is C12H18O3P. The Balaban J connectivity index is 2.33. The van der Waals surface area contributed by atoms with Crippen molar-refractivity contribution in [1.82, 2.24) is 0 Å². The summed E-state index contributed by atoms with van der Waals surface area (Å²) in [6.07, 6.45) is 3.58. The molecule has 4 heteroatoms. The van der Waals surface area contributed by atoms with Crippen LogP contribution in [-0.4, -0.2) is 11.5 Å². The summed E-state index contributed by atoms with van der Waals surface area (Å²) in [6, 6.07) is 9.57. The molecule has 0 saturated heterocycles. The van der Waals surface area contributed by atoms with E-state index >= 15 is 0 Å². The van der Waals surface area contributed by atoms with Gasteiger partial charge < -0.3 is 9.42 Å². The van der Waals surface area contributed by atoms with E-state index in [2.05, 4.69) is 0 Å². The molecule has 0 aliphatic heterocycles. The molecule has 0 bridgehead atoms. The SMILES string of the molecule is CCCCOP(=O)(O)[CH]Cc1ccccc1. The first-order chi connectivity index (χ1) is 7.64. The molecule has 89 valence electrons. The zero-order valence-corrected chi connectivity index (χ0v) is 10.4. The van der Waals surface area contributed by atoms with E-state index in [9.17, 15) is 9.46 Å². The highest BCUT2D eigenvalue weighted by atomic mass is 31.2. The molecule has 0 aromatic heterocycles. The van der Waals surface area contributed by atoms with Crippen LogP contribution in [0.2, 0.25) is 0 Å². The highest BCUT2D eigenvalue weighted by Gasteiger charge is 2.18. The number of benzene rings is 1. The van der Waals surface area contributed by atoms with Crippen LogP contribution in [0.15, 0.2) is 30.3 Å². The Morgan fingerprint density at radius 1 is 1.38 bits per heavy atom. The summed E-state index contributed by atoms with van der Waals surface area (Å²) >= 11 is 0. The van der Waals surface area contributed by atoms with E-state index in [4.69, 9.17) is 4.52 Å². The fourth-order valence-corrected chi connectivity index (χ4v) is 2.16. The van der Waals surface area contributed by atoms with Crippen molar-refractivity contribution in [3.05, 3.63) is 42.1 Å². The second-order valence-corrected chi connectivity index (χ2v) is 5.37. The number of hydrogen-bond donors (Lipinski definition) is 1. The lowest BCUT2D eigenvalue weighted by Gasteiger charge is -2.11. The van der Waals surface area contributed by atoms with E-state index in [0.717, 1.165) is 18.4 Å². The molecule has 0 spiro atoms. The van der Waals surface area contributed by atoms with Gasteiger partial charge in [-0.05, 0) is 18.4 Å². The monoisotopic (exact) mass is 241 g/mol. The number of hydrogen-bond acceptors (Lipinski definition) is 2. The van der Waals surface area contributed by atoms with Crippen LogP contribution < -0.4 is 0 Å². The Hall–Kier alpha value is -0.630. The van der Waals surface area contributed by atoms with Crippen LogP contribution in [0, 0.1) is 6.16 Å². The number of unbranched alkanes of at least 4 members (excludes halogenated alkanes) is 1. The van der Waals surface area contributed by atoms with Crippen LogP contribution >= 0.6 is 7.60 Å². The van der Waals surface area contributed by atoms with Crippen molar-refractivity contribution in [1.29, 1.82) is 0 Å². The van der Waals surface area contributed by atoms with E-state index in [1.807, 2.05) is 37.3 Å². The van der Waals surface area contributed by atoms with Gasteiger partial charge in [0.2, 0.25) is 0 Å². The topological polar surface area (TPSA) is 46.5 Å². The molecular weight excluding hydrogens is 223 g/mol. The fraction of sp³-hybridized carbons (Fsp3) is 0.417. The van der Waals surface area contributed by atoms with Crippen molar-refractivity contribution in [2.45, 2.75) is 26.2 Å². The van der Waals surface area contributed by atoms with Gasteiger partial charge in [0, 0.05) is 0 Å². The fourth-order valence-electron chi connectivity index (χ4n) is 1.23. The second-order valence-electron chi connectivity index (χ2n) is 3.62. The summed E-state index contributed by atoms with van der Waals surface area (Å²) in [4.78, 5) is 9.48. The van der Waals surface area contributed by atoms with Crippen molar-refractivity contribution in [2.24, 2.45) is 0 Å². The largest absolute Gasteiger partial charge is 0.332 e. The molecule has 1 N–H and O–H groups in total. The summed E-state index contributed by atoms with van der Waals surface area (Å²) < 4.78 is 16.5. The van der Waals surface area contributed by atoms with Crippen LogP contribution in [0.4, 0.5) is 0 Å². The minimum atomic E-state index is -3.51. The smallest absolute Gasteiger partial charge is 0.324 e. The predicted molar refractivity (Wildman–Crippen MR) is 65.1 cm³/mol. The van der Waals surface area contributed by atoms with Crippen LogP contribution in [0.1, 0.15) is 25.3 Å². The molecule has 1 aromatic carbocycles. The summed E-state index contributed by atoms with van der Waals surface area (Å²) in [5.41, 5.74) is 1.01. The maximum atomic E-state index is 11.5. The molecule has 3 nitrogen and oxygen atoms in total. The Kier molecular flexibility index (Phi) is 5.75. The maximum Gasteiger partial charge on any atom is 0.332 e. The molecule has 0 saturated carbocycles. The molecule has 0 aliphatic rings. The van der Waals surface area contributed by atoms with Crippen LogP contribution in [0.25, 0.3) is 0 Å². The van der Waals surface area contributed by atoms with Gasteiger partial charge in [-0.2, -0.15) is 0 Å². The minimum absolute atomic E-state index is 0.343. The van der Waals surface area contributed by atoms with Crippen molar-refractivity contribution in [3.8, 4) is 0 Å². The molecule has 1 rings (SSSR count). The summed E-state index contributed by atoms with van der Waals surface area (Å²) in [5, 5.41) is 0. The zero-order chi connectivity index (χ0) is 11.9. The van der Waals surface area contributed by atoms with E-state index < -0.39 is 7.60 Å². The lowest BCUT2D eigenvalue weighted by Crippen LogP contribution is -1.95. The van der Waals surface area contributed by atoms with Gasteiger partial charge in [0.15, 0.2) is 0 Å². The highest BCUT2D eigenvalue weighted by molar-refractivity contribution is 7.55. The van der Waals surface area contributed by atoms with E-state index in [1.54, 1.807) is 0 Å². The van der Waals surface area contributed by atoms with Crippen LogP contribution in [-0.2, 0) is 15.5 Å². The highest BCUT2D eigenvalue weighted by Crippen LogP contribution is 2.46. The molecule has 16 heavy (non-hydrogen) atoms. The third-order valence-electron chi connectivity index (χ3n) is 2.17. The molecule has 1 unspecified atom stereocenters. The Labute approximate surface area is 97.0 Å². The van der Waals surface area contributed by atoms with Gasteiger partial charge in [0.1, 0.15) is 0 Å². The maximum absolute atomic E-state index is 11.5. The van der Waals surface area contributed by atoms with Crippen LogP contribution in [0.5, 0.6) is 0 Å². The van der Waals surface area contributed by atoms with Crippen molar-refractivity contribution in [2.75, 3.05) is 6.61 Å². The van der Waals surface area contributed by atoms with E-state index in [-0.39, 0.29) is 0 Å². The molecule has 1 radical (unpaired) electrons. The lowest BCUT2D eigenvalue weighted by molar-refractivity contribution is 0.260. The Morgan fingerprint density at radius 2 is 2.06 bits per heavy atom. The van der Waals surface area contributed by atoms with Crippen LogP contribution in [0.3, 0.4) is 0 Å². The third kappa shape index (κ3) is 5.45. The lowest BCUT2D eigenvalue weighted by atomic mass is 10.2. The average molecular weight is 241 g/mol. The van der Waals surface area contributed by atoms with Crippen molar-refractivity contribution >= 4 is 7.60 Å². The summed E-state index contributed by atoms with van der Waals surface area (Å²) in [6.45, 7) is 2.36. The van der Waals surface area contributed by atoms with Gasteiger partial charge in [-0.1, -0.05) is 43.7 Å². The first kappa shape index (κ1) is 13.4. The minimum Gasteiger partial charge on any atom is -0.324 e. The molecule has 0 heterocycles. The first-order valence-electron chi connectivity index (χ1n) is 5.49. The molecule has 1 aromatic rings. The molecule has 0 fully saturated rings. The molecule has 0 aliphatic carbocycles. The van der Waals surface area contributed by atoms with Gasteiger partial charge in [-0.25, -0.2) is 0 Å². The van der Waals surface area contributed by atoms with E-state index in [0.29, 0.717) is 13.0 Å². The standard InChI is InChI=1S/C12H18O3P/c1-2-3-10-15-16(13,14)11-9-12-7-5-4-6-8-12/h4-8,11H,2-3,9-10H2,1H3,(H,13,14). The summed E-state index contributed by atoms with van der Waals surface area (Å²) in [5.74, 6) is 0. The van der Waals surface area contributed by atoms with Gasteiger partial charge in [0.05, 0.1) is 12.8 Å².